The molecule has 142 valence electrons. The third-order valence-electron chi connectivity index (χ3n) is 6.63. The molecule has 0 radical (unpaired) electrons. The lowest BCUT2D eigenvalue weighted by molar-refractivity contribution is -0.133. The van der Waals surface area contributed by atoms with Gasteiger partial charge in [-0.25, -0.2) is 4.39 Å². The minimum Gasteiger partial charge on any atom is -0.383 e. The Morgan fingerprint density at radius 1 is 1.15 bits per heavy atom. The van der Waals surface area contributed by atoms with Crippen molar-refractivity contribution in [2.24, 2.45) is 5.41 Å². The number of nitrogens with zero attached hydrogens (tertiary/aromatic N) is 2. The van der Waals surface area contributed by atoms with Gasteiger partial charge in [0.25, 0.3) is 0 Å². The first-order valence-electron chi connectivity index (χ1n) is 9.84. The predicted octanol–water partition coefficient (Wildman–Crippen LogP) is 2.82. The van der Waals surface area contributed by atoms with Gasteiger partial charge in [-0.2, -0.15) is 0 Å². The maximum Gasteiger partial charge on any atom is 0.233 e. The number of ether oxygens (including phenoxy) is 1. The molecule has 0 aromatic heterocycles. The molecule has 4 nitrogen and oxygen atoms in total. The molecule has 0 bridgehead atoms. The van der Waals surface area contributed by atoms with Gasteiger partial charge in [-0.3, -0.25) is 4.79 Å². The fourth-order valence-electron chi connectivity index (χ4n) is 5.04. The van der Waals surface area contributed by atoms with E-state index in [1.54, 1.807) is 19.2 Å². The summed E-state index contributed by atoms with van der Waals surface area (Å²) >= 11 is 0. The fourth-order valence-corrected chi connectivity index (χ4v) is 5.04. The molecule has 4 rings (SSSR count). The van der Waals surface area contributed by atoms with E-state index in [4.69, 9.17) is 4.74 Å². The normalized spacial score (nSPS) is 27.8. The highest BCUT2D eigenvalue weighted by molar-refractivity contribution is 5.91. The Morgan fingerprint density at radius 3 is 2.69 bits per heavy atom. The van der Waals surface area contributed by atoms with E-state index in [-0.39, 0.29) is 17.1 Å². The van der Waals surface area contributed by atoms with E-state index < -0.39 is 5.41 Å². The molecule has 2 saturated heterocycles. The van der Waals surface area contributed by atoms with Crippen molar-refractivity contribution in [2.75, 3.05) is 46.4 Å². The zero-order chi connectivity index (χ0) is 18.2. The van der Waals surface area contributed by atoms with Crippen LogP contribution in [0.5, 0.6) is 0 Å². The summed E-state index contributed by atoms with van der Waals surface area (Å²) in [6, 6.07) is 6.80. The molecule has 5 heteroatoms. The minimum absolute atomic E-state index is 0.147. The molecule has 2 aliphatic heterocycles. The van der Waals surface area contributed by atoms with E-state index in [0.717, 1.165) is 58.6 Å². The fraction of sp³-hybridized carbons (Fsp3) is 0.667. The largest absolute Gasteiger partial charge is 0.383 e. The molecule has 1 aromatic carbocycles. The molecular formula is C21H29FN2O2. The standard InChI is InChI=1S/C21H29FN2O2/c1-26-14-13-23-11-4-7-20(15-23)10-12-24(16-20)19(25)21(8-9-21)17-5-2-3-6-18(17)22/h2-3,5-6H,4,7-16H2,1H3. The van der Waals surface area contributed by atoms with Gasteiger partial charge < -0.3 is 14.5 Å². The Kier molecular flexibility index (Phi) is 4.78. The number of likely N-dealkylation sites (tertiary alicyclic amines) is 2. The number of rotatable bonds is 5. The smallest absolute Gasteiger partial charge is 0.233 e. The van der Waals surface area contributed by atoms with Crippen LogP contribution in [0.3, 0.4) is 0 Å². The first-order chi connectivity index (χ1) is 12.6. The summed E-state index contributed by atoms with van der Waals surface area (Å²) in [6.07, 6.45) is 4.99. The highest BCUT2D eigenvalue weighted by Gasteiger charge is 2.56. The van der Waals surface area contributed by atoms with Gasteiger partial charge in [-0.15, -0.1) is 0 Å². The van der Waals surface area contributed by atoms with E-state index in [1.807, 2.05) is 11.0 Å². The van der Waals surface area contributed by atoms with Crippen LogP contribution in [0.4, 0.5) is 4.39 Å². The van der Waals surface area contributed by atoms with Crippen LogP contribution in [0.2, 0.25) is 0 Å². The lowest BCUT2D eigenvalue weighted by Gasteiger charge is -2.40. The number of benzene rings is 1. The van der Waals surface area contributed by atoms with Gasteiger partial charge in [-0.1, -0.05) is 18.2 Å². The van der Waals surface area contributed by atoms with Crippen LogP contribution in [-0.4, -0.2) is 62.1 Å². The summed E-state index contributed by atoms with van der Waals surface area (Å²) in [5.74, 6) is -0.0934. The molecule has 1 atom stereocenters. The third kappa shape index (κ3) is 3.16. The monoisotopic (exact) mass is 360 g/mol. The summed E-state index contributed by atoms with van der Waals surface area (Å²) in [5.41, 5.74) is 0.213. The van der Waals surface area contributed by atoms with Crippen LogP contribution in [0.25, 0.3) is 0 Å². The maximum atomic E-state index is 14.3. The first-order valence-corrected chi connectivity index (χ1v) is 9.84. The topological polar surface area (TPSA) is 32.8 Å². The number of hydrogen-bond donors (Lipinski definition) is 0. The van der Waals surface area contributed by atoms with Crippen LogP contribution < -0.4 is 0 Å². The van der Waals surface area contributed by atoms with Crippen molar-refractivity contribution in [3.05, 3.63) is 35.6 Å². The van der Waals surface area contributed by atoms with Crippen molar-refractivity contribution in [1.82, 2.24) is 9.80 Å². The molecule has 1 unspecified atom stereocenters. The molecule has 0 N–H and O–H groups in total. The first kappa shape index (κ1) is 17.9. The number of carbonyl (C=O) groups is 1. The van der Waals surface area contributed by atoms with Gasteiger partial charge in [0.15, 0.2) is 0 Å². The summed E-state index contributed by atoms with van der Waals surface area (Å²) in [5, 5.41) is 0. The average Bonchev–Trinajstić information content (AvgIpc) is 3.36. The zero-order valence-electron chi connectivity index (χ0n) is 15.7. The van der Waals surface area contributed by atoms with Crippen molar-refractivity contribution < 1.29 is 13.9 Å². The van der Waals surface area contributed by atoms with Crippen LogP contribution in [0.1, 0.15) is 37.7 Å². The van der Waals surface area contributed by atoms with E-state index in [2.05, 4.69) is 4.90 Å². The molecule has 1 aliphatic carbocycles. The van der Waals surface area contributed by atoms with Gasteiger partial charge in [0.1, 0.15) is 5.82 Å². The number of hydrogen-bond acceptors (Lipinski definition) is 3. The number of methoxy groups -OCH3 is 1. The number of piperidine rings is 1. The molecule has 1 amide bonds. The number of halogens is 1. The molecule has 1 aromatic rings. The molecule has 3 fully saturated rings. The van der Waals surface area contributed by atoms with Crippen molar-refractivity contribution in [2.45, 2.75) is 37.5 Å². The van der Waals surface area contributed by atoms with Gasteiger partial charge >= 0.3 is 0 Å². The van der Waals surface area contributed by atoms with E-state index in [1.165, 1.54) is 18.9 Å². The number of amides is 1. The van der Waals surface area contributed by atoms with Crippen molar-refractivity contribution in [3.63, 3.8) is 0 Å². The predicted molar refractivity (Wildman–Crippen MR) is 98.5 cm³/mol. The van der Waals surface area contributed by atoms with Crippen LogP contribution in [0, 0.1) is 11.2 Å². The SMILES string of the molecule is COCCN1CCCC2(CCN(C(=O)C3(c4ccccc4F)CC3)C2)C1. The molecule has 1 spiro atoms. The summed E-state index contributed by atoms with van der Waals surface area (Å²) in [7, 11) is 1.74. The Hall–Kier alpha value is -1.46. The Balaban J connectivity index is 1.45. The van der Waals surface area contributed by atoms with Crippen LogP contribution >= 0.6 is 0 Å². The van der Waals surface area contributed by atoms with Crippen molar-refractivity contribution in [1.29, 1.82) is 0 Å². The van der Waals surface area contributed by atoms with Gasteiger partial charge in [0.2, 0.25) is 5.91 Å². The molecule has 2 heterocycles. The highest BCUT2D eigenvalue weighted by atomic mass is 19.1. The zero-order valence-corrected chi connectivity index (χ0v) is 15.7. The quantitative estimate of drug-likeness (QED) is 0.809. The van der Waals surface area contributed by atoms with Crippen molar-refractivity contribution >= 4 is 5.91 Å². The lowest BCUT2D eigenvalue weighted by Crippen LogP contribution is -2.47. The third-order valence-corrected chi connectivity index (χ3v) is 6.63. The van der Waals surface area contributed by atoms with Gasteiger partial charge in [-0.05, 0) is 44.7 Å². The Morgan fingerprint density at radius 2 is 1.96 bits per heavy atom. The van der Waals surface area contributed by atoms with Gasteiger partial charge in [0, 0.05) is 44.3 Å². The Labute approximate surface area is 155 Å². The second kappa shape index (κ2) is 6.93. The minimum atomic E-state index is -0.596. The Bertz CT molecular complexity index is 676. The molecule has 3 aliphatic rings. The van der Waals surface area contributed by atoms with Crippen LogP contribution in [-0.2, 0) is 14.9 Å². The number of carbonyl (C=O) groups excluding carboxylic acids is 1. The van der Waals surface area contributed by atoms with Crippen LogP contribution in [0.15, 0.2) is 24.3 Å². The maximum absolute atomic E-state index is 14.3. The van der Waals surface area contributed by atoms with Gasteiger partial charge in [0.05, 0.1) is 12.0 Å². The average molecular weight is 360 g/mol. The highest BCUT2D eigenvalue weighted by Crippen LogP contribution is 2.52. The summed E-state index contributed by atoms with van der Waals surface area (Å²) < 4.78 is 19.5. The second-order valence-electron chi connectivity index (χ2n) is 8.41. The second-order valence-corrected chi connectivity index (χ2v) is 8.41. The summed E-state index contributed by atoms with van der Waals surface area (Å²) in [4.78, 5) is 17.8. The molecular weight excluding hydrogens is 331 g/mol. The van der Waals surface area contributed by atoms with Crippen molar-refractivity contribution in [3.8, 4) is 0 Å². The lowest BCUT2D eigenvalue weighted by atomic mass is 9.79. The molecule has 1 saturated carbocycles. The summed E-state index contributed by atoms with van der Waals surface area (Å²) in [6.45, 7) is 5.53. The van der Waals surface area contributed by atoms with E-state index in [9.17, 15) is 9.18 Å². The van der Waals surface area contributed by atoms with E-state index in [0.29, 0.717) is 5.56 Å². The molecule has 26 heavy (non-hydrogen) atoms. The van der Waals surface area contributed by atoms with E-state index >= 15 is 0 Å².